The average molecular weight is 655 g/mol. The molecule has 11 nitrogen and oxygen atoms in total. The van der Waals surface area contributed by atoms with Crippen molar-refractivity contribution in [1.29, 1.82) is 0 Å². The standard InChI is InChI=1S/C37H46N6O5/c1-23(2)19-30-34(45)39-17-16-29(40-33(44)28(38)21-24-9-4-3-5-10-24)37(48)43-18-8-13-32(43)36(47)42-31(35(46)41-30)22-25-14-15-26-11-6-7-12-27(26)20-25/h3-7,9-12,14-15,20,23,28-32H,8,13,16-19,21-22,38H2,1-2H3,(H,39,45)(H,40,44)(H,41,46)(H,42,47)/t28-,29+,30-,31-,32-/m0/s1. The number of rotatable bonds is 8. The molecule has 48 heavy (non-hydrogen) atoms. The highest BCUT2D eigenvalue weighted by Gasteiger charge is 2.40. The molecule has 5 atom stereocenters. The predicted molar refractivity (Wildman–Crippen MR) is 183 cm³/mol. The number of nitrogens with two attached hydrogens (primary N) is 1. The van der Waals surface area contributed by atoms with E-state index in [1.807, 2.05) is 86.6 Å². The van der Waals surface area contributed by atoms with Gasteiger partial charge in [-0.25, -0.2) is 0 Å². The maximum absolute atomic E-state index is 14.0. The Bertz CT molecular complexity index is 1630. The summed E-state index contributed by atoms with van der Waals surface area (Å²) < 4.78 is 0. The minimum Gasteiger partial charge on any atom is -0.354 e. The summed E-state index contributed by atoms with van der Waals surface area (Å²) in [5.41, 5.74) is 7.98. The first-order chi connectivity index (χ1) is 23.1. The van der Waals surface area contributed by atoms with E-state index in [4.69, 9.17) is 5.73 Å². The number of nitrogens with one attached hydrogen (secondary N) is 4. The Hall–Kier alpha value is -4.77. The molecular formula is C37H46N6O5. The Morgan fingerprint density at radius 1 is 0.854 bits per heavy atom. The van der Waals surface area contributed by atoms with Crippen LogP contribution >= 0.6 is 0 Å². The number of carbonyl (C=O) groups excluding carboxylic acids is 5. The van der Waals surface area contributed by atoms with Gasteiger partial charge in [-0.05, 0) is 59.9 Å². The fraction of sp³-hybridized carbons (Fsp3) is 0.432. The fourth-order valence-electron chi connectivity index (χ4n) is 6.52. The van der Waals surface area contributed by atoms with Crippen molar-refractivity contribution in [2.24, 2.45) is 11.7 Å². The third-order valence-corrected chi connectivity index (χ3v) is 9.05. The van der Waals surface area contributed by atoms with Gasteiger partial charge < -0.3 is 31.9 Å². The molecule has 254 valence electrons. The Balaban J connectivity index is 1.40. The van der Waals surface area contributed by atoms with Gasteiger partial charge in [-0.3, -0.25) is 24.0 Å². The minimum absolute atomic E-state index is 0.0686. The Morgan fingerprint density at radius 2 is 1.56 bits per heavy atom. The van der Waals surface area contributed by atoms with Crippen molar-refractivity contribution in [3.05, 3.63) is 83.9 Å². The Morgan fingerprint density at radius 3 is 2.31 bits per heavy atom. The zero-order valence-corrected chi connectivity index (χ0v) is 27.6. The Kier molecular flexibility index (Phi) is 11.4. The minimum atomic E-state index is -1.01. The maximum atomic E-state index is 14.0. The molecule has 2 heterocycles. The fourth-order valence-corrected chi connectivity index (χ4v) is 6.52. The van der Waals surface area contributed by atoms with Crippen LogP contribution in [0.15, 0.2) is 72.8 Å². The molecule has 3 aromatic carbocycles. The van der Waals surface area contributed by atoms with Crippen molar-refractivity contribution in [1.82, 2.24) is 26.2 Å². The number of amides is 5. The molecule has 6 N–H and O–H groups in total. The molecule has 0 saturated carbocycles. The van der Waals surface area contributed by atoms with Crippen molar-refractivity contribution in [3.63, 3.8) is 0 Å². The summed E-state index contributed by atoms with van der Waals surface area (Å²) in [6.07, 6.45) is 1.95. The van der Waals surface area contributed by atoms with E-state index >= 15 is 0 Å². The van der Waals surface area contributed by atoms with E-state index in [9.17, 15) is 24.0 Å². The van der Waals surface area contributed by atoms with Gasteiger partial charge in [-0.2, -0.15) is 0 Å². The molecule has 0 bridgehead atoms. The van der Waals surface area contributed by atoms with Crippen LogP contribution in [0.1, 0.15) is 50.7 Å². The SMILES string of the molecule is CC(C)C[C@@H]1NC(=O)[C@H](Cc2ccc3ccccc3c2)NC(=O)[C@@H]2CCCN2C(=O)[C@H](NC(=O)[C@@H](N)Cc2ccccc2)CCNC1=O. The normalized spacial score (nSPS) is 23.1. The average Bonchev–Trinajstić information content (AvgIpc) is 3.57. The molecule has 2 aliphatic heterocycles. The van der Waals surface area contributed by atoms with Gasteiger partial charge in [0, 0.05) is 19.5 Å². The lowest BCUT2D eigenvalue weighted by Crippen LogP contribution is -2.60. The van der Waals surface area contributed by atoms with Gasteiger partial charge in [-0.15, -0.1) is 0 Å². The Labute approximate surface area is 281 Å². The van der Waals surface area contributed by atoms with Crippen LogP contribution in [0.2, 0.25) is 0 Å². The van der Waals surface area contributed by atoms with Crippen LogP contribution < -0.4 is 27.0 Å². The summed E-state index contributed by atoms with van der Waals surface area (Å²) in [7, 11) is 0. The van der Waals surface area contributed by atoms with Gasteiger partial charge in [0.1, 0.15) is 24.2 Å². The summed E-state index contributed by atoms with van der Waals surface area (Å²) in [6.45, 7) is 4.30. The molecule has 0 aliphatic carbocycles. The van der Waals surface area contributed by atoms with E-state index in [-0.39, 0.29) is 31.7 Å². The number of hydrogen-bond donors (Lipinski definition) is 5. The molecule has 5 rings (SSSR count). The summed E-state index contributed by atoms with van der Waals surface area (Å²) >= 11 is 0. The van der Waals surface area contributed by atoms with Crippen molar-refractivity contribution in [2.45, 2.75) is 82.6 Å². The van der Waals surface area contributed by atoms with E-state index in [0.29, 0.717) is 25.8 Å². The van der Waals surface area contributed by atoms with Gasteiger partial charge >= 0.3 is 0 Å². The van der Waals surface area contributed by atoms with E-state index in [1.165, 1.54) is 4.90 Å². The molecule has 2 saturated heterocycles. The summed E-state index contributed by atoms with van der Waals surface area (Å²) in [5, 5.41) is 13.5. The number of benzene rings is 3. The van der Waals surface area contributed by atoms with Crippen molar-refractivity contribution in [3.8, 4) is 0 Å². The predicted octanol–water partition coefficient (Wildman–Crippen LogP) is 1.96. The molecule has 3 aromatic rings. The highest BCUT2D eigenvalue weighted by Crippen LogP contribution is 2.21. The maximum Gasteiger partial charge on any atom is 0.245 e. The molecule has 0 aromatic heterocycles. The van der Waals surface area contributed by atoms with Crippen molar-refractivity contribution in [2.75, 3.05) is 13.1 Å². The van der Waals surface area contributed by atoms with E-state index in [1.54, 1.807) is 0 Å². The lowest BCUT2D eigenvalue weighted by atomic mass is 9.99. The molecule has 0 unspecified atom stereocenters. The first kappa shape index (κ1) is 34.6. The van der Waals surface area contributed by atoms with E-state index in [2.05, 4.69) is 21.3 Å². The van der Waals surface area contributed by atoms with Crippen molar-refractivity contribution < 1.29 is 24.0 Å². The van der Waals surface area contributed by atoms with Crippen LogP contribution in [0.25, 0.3) is 10.8 Å². The number of nitrogens with zero attached hydrogens (tertiary/aromatic N) is 1. The number of carbonyl (C=O) groups is 5. The molecule has 0 radical (unpaired) electrons. The third kappa shape index (κ3) is 8.77. The highest BCUT2D eigenvalue weighted by atomic mass is 16.2. The molecule has 2 aliphatic rings. The first-order valence-electron chi connectivity index (χ1n) is 16.9. The first-order valence-corrected chi connectivity index (χ1v) is 16.9. The smallest absolute Gasteiger partial charge is 0.245 e. The molecule has 11 heteroatoms. The van der Waals surface area contributed by atoms with Gasteiger partial charge in [0.2, 0.25) is 29.5 Å². The van der Waals surface area contributed by atoms with Gasteiger partial charge in [0.05, 0.1) is 6.04 Å². The second-order valence-electron chi connectivity index (χ2n) is 13.3. The highest BCUT2D eigenvalue weighted by molar-refractivity contribution is 5.96. The largest absolute Gasteiger partial charge is 0.354 e. The molecular weight excluding hydrogens is 608 g/mol. The zero-order valence-electron chi connectivity index (χ0n) is 27.6. The second-order valence-corrected chi connectivity index (χ2v) is 13.3. The van der Waals surface area contributed by atoms with Crippen LogP contribution in [0, 0.1) is 5.92 Å². The summed E-state index contributed by atoms with van der Waals surface area (Å²) in [6, 6.07) is 18.5. The van der Waals surface area contributed by atoms with Crippen LogP contribution in [0.3, 0.4) is 0 Å². The van der Waals surface area contributed by atoms with Gasteiger partial charge in [0.25, 0.3) is 0 Å². The molecule has 2 fully saturated rings. The second kappa shape index (κ2) is 15.9. The van der Waals surface area contributed by atoms with Gasteiger partial charge in [0.15, 0.2) is 0 Å². The van der Waals surface area contributed by atoms with Crippen LogP contribution in [-0.4, -0.2) is 77.7 Å². The lowest BCUT2D eigenvalue weighted by molar-refractivity contribution is -0.142. The summed E-state index contributed by atoms with van der Waals surface area (Å²) in [5.74, 6) is -2.15. The number of hydrogen-bond acceptors (Lipinski definition) is 6. The number of fused-ring (bicyclic) bond motifs is 2. The van der Waals surface area contributed by atoms with Crippen LogP contribution in [0.5, 0.6) is 0 Å². The van der Waals surface area contributed by atoms with E-state index < -0.39 is 59.7 Å². The van der Waals surface area contributed by atoms with Gasteiger partial charge in [-0.1, -0.05) is 86.6 Å². The molecule has 5 amide bonds. The summed E-state index contributed by atoms with van der Waals surface area (Å²) in [4.78, 5) is 69.8. The van der Waals surface area contributed by atoms with E-state index in [0.717, 1.165) is 21.9 Å². The topological polar surface area (TPSA) is 163 Å². The van der Waals surface area contributed by atoms with Crippen molar-refractivity contribution >= 4 is 40.3 Å². The quantitative estimate of drug-likeness (QED) is 0.250. The van der Waals surface area contributed by atoms with Crippen LogP contribution in [-0.2, 0) is 36.8 Å². The third-order valence-electron chi connectivity index (χ3n) is 9.05. The zero-order chi connectivity index (χ0) is 34.2. The molecule has 0 spiro atoms. The van der Waals surface area contributed by atoms with Crippen LogP contribution in [0.4, 0.5) is 0 Å². The lowest BCUT2D eigenvalue weighted by Gasteiger charge is -2.31. The monoisotopic (exact) mass is 654 g/mol.